The first-order valence-corrected chi connectivity index (χ1v) is 9.16. The number of carbonyl (C=O) groups excluding carboxylic acids is 1. The highest BCUT2D eigenvalue weighted by molar-refractivity contribution is 5.92. The molecule has 2 heterocycles. The molecule has 2 aromatic heterocycles. The van der Waals surface area contributed by atoms with Crippen LogP contribution < -0.4 is 10.6 Å². The van der Waals surface area contributed by atoms with Gasteiger partial charge in [-0.05, 0) is 51.2 Å². The van der Waals surface area contributed by atoms with E-state index in [9.17, 15) is 4.79 Å². The topological polar surface area (TPSA) is 79.8 Å². The molecule has 136 valence electrons. The van der Waals surface area contributed by atoms with Crippen LogP contribution in [0, 0.1) is 6.92 Å². The van der Waals surface area contributed by atoms with Gasteiger partial charge in [0.25, 0.3) is 5.91 Å². The van der Waals surface area contributed by atoms with Crippen LogP contribution in [-0.2, 0) is 6.54 Å². The Labute approximate surface area is 154 Å². The van der Waals surface area contributed by atoms with Crippen LogP contribution >= 0.6 is 0 Å². The first-order chi connectivity index (χ1) is 12.7. The molecule has 0 atom stereocenters. The molecule has 0 aliphatic heterocycles. The summed E-state index contributed by atoms with van der Waals surface area (Å²) in [6.07, 6.45) is 9.85. The summed E-state index contributed by atoms with van der Waals surface area (Å²) in [4.78, 5) is 25.3. The van der Waals surface area contributed by atoms with E-state index in [1.165, 1.54) is 24.8 Å². The summed E-state index contributed by atoms with van der Waals surface area (Å²) in [6, 6.07) is 7.44. The number of amides is 1. The largest absolute Gasteiger partial charge is 0.364 e. The molecule has 0 radical (unpaired) electrons. The Morgan fingerprint density at radius 3 is 2.92 bits per heavy atom. The van der Waals surface area contributed by atoms with Crippen molar-refractivity contribution < 1.29 is 4.79 Å². The molecule has 0 aromatic carbocycles. The number of allylic oxidation sites excluding steroid dienone is 1. The molecule has 2 aromatic rings. The Balaban J connectivity index is 1.55. The Morgan fingerprint density at radius 1 is 1.23 bits per heavy atom. The predicted octanol–water partition coefficient (Wildman–Crippen LogP) is 3.41. The summed E-state index contributed by atoms with van der Waals surface area (Å²) in [5, 5.41) is 6.17. The van der Waals surface area contributed by atoms with Gasteiger partial charge in [0, 0.05) is 18.8 Å². The third-order valence-electron chi connectivity index (χ3n) is 4.36. The average Bonchev–Trinajstić information content (AvgIpc) is 2.67. The van der Waals surface area contributed by atoms with Gasteiger partial charge >= 0.3 is 0 Å². The van der Waals surface area contributed by atoms with E-state index in [0.717, 1.165) is 18.5 Å². The third kappa shape index (κ3) is 5.37. The molecule has 0 saturated heterocycles. The van der Waals surface area contributed by atoms with Crippen LogP contribution in [0.1, 0.15) is 54.1 Å². The Bertz CT molecular complexity index is 773. The zero-order valence-corrected chi connectivity index (χ0v) is 15.2. The lowest BCUT2D eigenvalue weighted by molar-refractivity contribution is 0.0948. The van der Waals surface area contributed by atoms with Gasteiger partial charge in [0.2, 0.25) is 0 Å². The summed E-state index contributed by atoms with van der Waals surface area (Å²) >= 11 is 0. The number of hydrogen-bond donors (Lipinski definition) is 2. The maximum absolute atomic E-state index is 12.4. The van der Waals surface area contributed by atoms with E-state index in [4.69, 9.17) is 0 Å². The Kier molecular flexibility index (Phi) is 6.30. The number of carbonyl (C=O) groups is 1. The fraction of sp³-hybridized carbons (Fsp3) is 0.400. The van der Waals surface area contributed by atoms with E-state index in [1.807, 2.05) is 18.2 Å². The number of pyridine rings is 1. The number of aromatic nitrogens is 3. The fourth-order valence-electron chi connectivity index (χ4n) is 3.02. The van der Waals surface area contributed by atoms with Gasteiger partial charge in [0.1, 0.15) is 17.3 Å². The minimum atomic E-state index is -0.159. The predicted molar refractivity (Wildman–Crippen MR) is 102 cm³/mol. The van der Waals surface area contributed by atoms with Gasteiger partial charge < -0.3 is 10.6 Å². The number of rotatable bonds is 7. The maximum Gasteiger partial charge on any atom is 0.270 e. The monoisotopic (exact) mass is 351 g/mol. The van der Waals surface area contributed by atoms with Gasteiger partial charge in [-0.3, -0.25) is 9.78 Å². The van der Waals surface area contributed by atoms with E-state index < -0.39 is 0 Å². The SMILES string of the molecule is Cc1nc(NCc2ccccn2)cc(C(=O)NCCC2=CCCCC2)n1. The molecule has 2 N–H and O–H groups in total. The molecular formula is C20H25N5O. The zero-order chi connectivity index (χ0) is 18.2. The summed E-state index contributed by atoms with van der Waals surface area (Å²) in [7, 11) is 0. The number of hydrogen-bond acceptors (Lipinski definition) is 5. The number of aryl methyl sites for hydroxylation is 1. The normalized spacial score (nSPS) is 13.8. The van der Waals surface area contributed by atoms with E-state index >= 15 is 0 Å². The van der Waals surface area contributed by atoms with Crippen LogP contribution in [0.15, 0.2) is 42.1 Å². The fourth-order valence-corrected chi connectivity index (χ4v) is 3.02. The van der Waals surface area contributed by atoms with Crippen molar-refractivity contribution in [2.24, 2.45) is 0 Å². The molecule has 6 nitrogen and oxygen atoms in total. The highest BCUT2D eigenvalue weighted by Gasteiger charge is 2.11. The average molecular weight is 351 g/mol. The summed E-state index contributed by atoms with van der Waals surface area (Å²) in [5.41, 5.74) is 2.75. The Morgan fingerprint density at radius 2 is 2.15 bits per heavy atom. The molecule has 0 saturated carbocycles. The molecule has 3 rings (SSSR count). The first kappa shape index (κ1) is 18.0. The molecule has 1 amide bonds. The summed E-state index contributed by atoms with van der Waals surface area (Å²) < 4.78 is 0. The van der Waals surface area contributed by atoms with Gasteiger partial charge in [0.15, 0.2) is 0 Å². The van der Waals surface area contributed by atoms with Gasteiger partial charge in [0.05, 0.1) is 12.2 Å². The lowest BCUT2D eigenvalue weighted by Gasteiger charge is -2.13. The maximum atomic E-state index is 12.4. The minimum Gasteiger partial charge on any atom is -0.364 e. The smallest absolute Gasteiger partial charge is 0.270 e. The molecule has 0 bridgehead atoms. The zero-order valence-electron chi connectivity index (χ0n) is 15.2. The number of anilines is 1. The molecule has 26 heavy (non-hydrogen) atoms. The lowest BCUT2D eigenvalue weighted by Crippen LogP contribution is -2.26. The second kappa shape index (κ2) is 9.08. The van der Waals surface area contributed by atoms with Crippen LogP contribution in [0.2, 0.25) is 0 Å². The standard InChI is InChI=1S/C20H25N5O/c1-15-24-18(20(26)22-12-10-16-7-3-2-4-8-16)13-19(25-15)23-14-17-9-5-6-11-21-17/h5-7,9,11,13H,2-4,8,10,12,14H2,1H3,(H,22,26)(H,23,24,25). The van der Waals surface area contributed by atoms with Gasteiger partial charge in [-0.15, -0.1) is 0 Å². The molecule has 0 spiro atoms. The van der Waals surface area contributed by atoms with Gasteiger partial charge in [-0.25, -0.2) is 9.97 Å². The van der Waals surface area contributed by atoms with E-state index in [-0.39, 0.29) is 5.91 Å². The van der Waals surface area contributed by atoms with Gasteiger partial charge in [-0.2, -0.15) is 0 Å². The lowest BCUT2D eigenvalue weighted by atomic mass is 9.97. The van der Waals surface area contributed by atoms with Gasteiger partial charge in [-0.1, -0.05) is 17.7 Å². The van der Waals surface area contributed by atoms with E-state index in [2.05, 4.69) is 31.7 Å². The molecule has 0 fully saturated rings. The van der Waals surface area contributed by atoms with Crippen molar-refractivity contribution in [1.29, 1.82) is 0 Å². The highest BCUT2D eigenvalue weighted by Crippen LogP contribution is 2.19. The van der Waals surface area contributed by atoms with Crippen LogP contribution in [0.4, 0.5) is 5.82 Å². The van der Waals surface area contributed by atoms with Crippen LogP contribution in [-0.4, -0.2) is 27.4 Å². The minimum absolute atomic E-state index is 0.159. The highest BCUT2D eigenvalue weighted by atomic mass is 16.1. The van der Waals surface area contributed by atoms with Crippen molar-refractivity contribution >= 4 is 11.7 Å². The third-order valence-corrected chi connectivity index (χ3v) is 4.36. The number of nitrogens with zero attached hydrogens (tertiary/aromatic N) is 3. The second-order valence-corrected chi connectivity index (χ2v) is 6.47. The first-order valence-electron chi connectivity index (χ1n) is 9.16. The molecule has 1 aliphatic carbocycles. The second-order valence-electron chi connectivity index (χ2n) is 6.47. The summed E-state index contributed by atoms with van der Waals surface area (Å²) in [5.74, 6) is 1.03. The van der Waals surface area contributed by atoms with Crippen molar-refractivity contribution in [3.63, 3.8) is 0 Å². The van der Waals surface area contributed by atoms with Crippen molar-refractivity contribution in [2.45, 2.75) is 45.6 Å². The summed E-state index contributed by atoms with van der Waals surface area (Å²) in [6.45, 7) is 2.98. The van der Waals surface area contributed by atoms with Crippen molar-refractivity contribution in [1.82, 2.24) is 20.3 Å². The van der Waals surface area contributed by atoms with E-state index in [0.29, 0.717) is 30.4 Å². The molecule has 6 heteroatoms. The molecular weight excluding hydrogens is 326 g/mol. The van der Waals surface area contributed by atoms with Crippen molar-refractivity contribution in [3.8, 4) is 0 Å². The Hall–Kier alpha value is -2.76. The molecule has 0 unspecified atom stereocenters. The number of nitrogens with one attached hydrogen (secondary N) is 2. The van der Waals surface area contributed by atoms with Crippen LogP contribution in [0.5, 0.6) is 0 Å². The molecule has 1 aliphatic rings. The van der Waals surface area contributed by atoms with Crippen LogP contribution in [0.3, 0.4) is 0 Å². The van der Waals surface area contributed by atoms with E-state index in [1.54, 1.807) is 19.2 Å². The quantitative estimate of drug-likeness (QED) is 0.747. The van der Waals surface area contributed by atoms with Crippen molar-refractivity contribution in [2.75, 3.05) is 11.9 Å². The van der Waals surface area contributed by atoms with Crippen molar-refractivity contribution in [3.05, 3.63) is 59.3 Å². The van der Waals surface area contributed by atoms with Crippen LogP contribution in [0.25, 0.3) is 0 Å².